The van der Waals surface area contributed by atoms with Crippen LogP contribution >= 0.6 is 0 Å². The number of fused-ring (bicyclic) bond motifs is 1. The van der Waals surface area contributed by atoms with Crippen LogP contribution in [-0.4, -0.2) is 52.5 Å². The van der Waals surface area contributed by atoms with E-state index in [4.69, 9.17) is 0 Å². The molecule has 10 nitrogen and oxygen atoms in total. The van der Waals surface area contributed by atoms with E-state index in [2.05, 4.69) is 4.90 Å². The zero-order valence-corrected chi connectivity index (χ0v) is 14.5. The summed E-state index contributed by atoms with van der Waals surface area (Å²) in [5.74, 6) is 0. The largest absolute Gasteiger partial charge is 0.363 e. The Bertz CT molecular complexity index is 946. The van der Waals surface area contributed by atoms with Gasteiger partial charge in [0.25, 0.3) is 11.1 Å². The third-order valence-electron chi connectivity index (χ3n) is 4.74. The molecule has 1 aliphatic heterocycles. The maximum atomic E-state index is 12.4. The minimum Gasteiger partial charge on any atom is -0.363 e. The summed E-state index contributed by atoms with van der Waals surface area (Å²) in [6, 6.07) is 2.78. The number of aryl methyl sites for hydroxylation is 1. The number of aromatic nitrogens is 1. The molecule has 0 N–H and O–H groups in total. The predicted octanol–water partition coefficient (Wildman–Crippen LogP) is 1.59. The van der Waals surface area contributed by atoms with Crippen LogP contribution in [0.1, 0.15) is 6.92 Å². The number of benzene rings is 1. The zero-order chi connectivity index (χ0) is 19.0. The van der Waals surface area contributed by atoms with Gasteiger partial charge in [-0.15, -0.1) is 0 Å². The van der Waals surface area contributed by atoms with E-state index in [1.807, 2.05) is 11.9 Å². The van der Waals surface area contributed by atoms with E-state index in [0.717, 1.165) is 13.1 Å². The molecule has 0 amide bonds. The summed E-state index contributed by atoms with van der Waals surface area (Å²) in [6.45, 7) is 5.01. The Kier molecular flexibility index (Phi) is 4.60. The molecule has 1 fully saturated rings. The molecule has 3 rings (SSSR count). The summed E-state index contributed by atoms with van der Waals surface area (Å²) in [5.41, 5.74) is -0.695. The molecular weight excluding hydrogens is 342 g/mol. The van der Waals surface area contributed by atoms with Crippen LogP contribution < -0.4 is 10.3 Å². The fraction of sp³-hybridized carbons (Fsp3) is 0.438. The monoisotopic (exact) mass is 361 g/mol. The molecule has 26 heavy (non-hydrogen) atoms. The normalized spacial score (nSPS) is 15.4. The van der Waals surface area contributed by atoms with Gasteiger partial charge in [0.15, 0.2) is 0 Å². The Labute approximate surface area is 148 Å². The molecule has 0 aliphatic carbocycles. The maximum absolute atomic E-state index is 12.4. The Morgan fingerprint density at radius 3 is 2.19 bits per heavy atom. The van der Waals surface area contributed by atoms with Crippen molar-refractivity contribution in [2.45, 2.75) is 13.5 Å². The number of anilines is 1. The van der Waals surface area contributed by atoms with Crippen LogP contribution in [0.4, 0.5) is 17.1 Å². The molecule has 1 aromatic carbocycles. The van der Waals surface area contributed by atoms with Gasteiger partial charge in [-0.25, -0.2) is 0 Å². The summed E-state index contributed by atoms with van der Waals surface area (Å²) >= 11 is 0. The van der Waals surface area contributed by atoms with Gasteiger partial charge in [0.05, 0.1) is 26.9 Å². The van der Waals surface area contributed by atoms with Crippen molar-refractivity contribution >= 4 is 28.0 Å². The van der Waals surface area contributed by atoms with Crippen molar-refractivity contribution in [1.29, 1.82) is 0 Å². The third kappa shape index (κ3) is 2.99. The smallest absolute Gasteiger partial charge is 0.332 e. The lowest BCUT2D eigenvalue weighted by Crippen LogP contribution is -2.44. The molecule has 138 valence electrons. The molecule has 0 unspecified atom stereocenters. The molecule has 1 aliphatic rings. The van der Waals surface area contributed by atoms with E-state index >= 15 is 0 Å². The van der Waals surface area contributed by atoms with Crippen LogP contribution in [0, 0.1) is 20.2 Å². The van der Waals surface area contributed by atoms with Gasteiger partial charge >= 0.3 is 5.69 Å². The molecule has 1 aromatic heterocycles. The second-order valence-corrected chi connectivity index (χ2v) is 6.29. The average molecular weight is 361 g/mol. The second kappa shape index (κ2) is 6.71. The predicted molar refractivity (Wildman–Crippen MR) is 96.9 cm³/mol. The van der Waals surface area contributed by atoms with Gasteiger partial charge in [0.2, 0.25) is 0 Å². The second-order valence-electron chi connectivity index (χ2n) is 6.29. The van der Waals surface area contributed by atoms with Crippen molar-refractivity contribution in [2.75, 3.05) is 38.1 Å². The van der Waals surface area contributed by atoms with E-state index in [1.165, 1.54) is 12.3 Å². The summed E-state index contributed by atoms with van der Waals surface area (Å²) in [6.07, 6.45) is 1.20. The minimum atomic E-state index is -0.803. The number of nitrogens with zero attached hydrogens (tertiary/aromatic N) is 5. The molecule has 0 radical (unpaired) electrons. The zero-order valence-electron chi connectivity index (χ0n) is 14.5. The van der Waals surface area contributed by atoms with Crippen LogP contribution in [0.25, 0.3) is 10.9 Å². The first-order chi connectivity index (χ1) is 12.3. The summed E-state index contributed by atoms with van der Waals surface area (Å²) < 4.78 is 1.58. The number of pyridine rings is 1. The highest BCUT2D eigenvalue weighted by Gasteiger charge is 2.26. The fourth-order valence-electron chi connectivity index (χ4n) is 3.24. The molecule has 0 atom stereocenters. The lowest BCUT2D eigenvalue weighted by atomic mass is 10.1. The van der Waals surface area contributed by atoms with Gasteiger partial charge in [-0.3, -0.25) is 25.0 Å². The first-order valence-corrected chi connectivity index (χ1v) is 8.27. The highest BCUT2D eigenvalue weighted by Crippen LogP contribution is 2.33. The van der Waals surface area contributed by atoms with Crippen LogP contribution in [-0.2, 0) is 6.54 Å². The average Bonchev–Trinajstić information content (AvgIpc) is 2.61. The van der Waals surface area contributed by atoms with Gasteiger partial charge < -0.3 is 14.4 Å². The van der Waals surface area contributed by atoms with Crippen molar-refractivity contribution in [1.82, 2.24) is 9.47 Å². The van der Waals surface area contributed by atoms with Gasteiger partial charge in [-0.1, -0.05) is 0 Å². The third-order valence-corrected chi connectivity index (χ3v) is 4.74. The SMILES string of the molecule is CCn1cc([N+](=O)[O-])c(=O)c2cc([N+](=O)[O-])c(N3CCN(C)CC3)cc21. The highest BCUT2D eigenvalue weighted by molar-refractivity contribution is 5.89. The summed E-state index contributed by atoms with van der Waals surface area (Å²) in [7, 11) is 1.99. The first kappa shape index (κ1) is 17.8. The van der Waals surface area contributed by atoms with E-state index in [-0.39, 0.29) is 11.1 Å². The number of rotatable bonds is 4. The van der Waals surface area contributed by atoms with E-state index in [1.54, 1.807) is 17.6 Å². The van der Waals surface area contributed by atoms with Crippen LogP contribution in [0.3, 0.4) is 0 Å². The molecule has 2 aromatic rings. The summed E-state index contributed by atoms with van der Waals surface area (Å²) in [4.78, 5) is 37.9. The van der Waals surface area contributed by atoms with Crippen molar-refractivity contribution in [3.63, 3.8) is 0 Å². The minimum absolute atomic E-state index is 0.00868. The molecule has 0 saturated carbocycles. The Morgan fingerprint density at radius 2 is 1.65 bits per heavy atom. The Hall–Kier alpha value is -3.01. The molecule has 10 heteroatoms. The maximum Gasteiger partial charge on any atom is 0.332 e. The molecular formula is C16H19N5O5. The molecule has 2 heterocycles. The van der Waals surface area contributed by atoms with Crippen LogP contribution in [0.5, 0.6) is 0 Å². The van der Waals surface area contributed by atoms with Gasteiger partial charge in [0, 0.05) is 38.8 Å². The molecule has 1 saturated heterocycles. The van der Waals surface area contributed by atoms with Crippen molar-refractivity contribution in [3.05, 3.63) is 48.8 Å². The number of likely N-dealkylation sites (N-methyl/N-ethyl adjacent to an activating group) is 1. The van der Waals surface area contributed by atoms with Gasteiger partial charge in [0.1, 0.15) is 5.69 Å². The molecule has 0 bridgehead atoms. The number of hydrogen-bond acceptors (Lipinski definition) is 7. The van der Waals surface area contributed by atoms with E-state index in [0.29, 0.717) is 30.8 Å². The number of nitro groups is 2. The van der Waals surface area contributed by atoms with Crippen molar-refractivity contribution in [3.8, 4) is 0 Å². The number of piperazine rings is 1. The topological polar surface area (TPSA) is 115 Å². The Morgan fingerprint density at radius 1 is 1.04 bits per heavy atom. The number of hydrogen-bond donors (Lipinski definition) is 0. The lowest BCUT2D eigenvalue weighted by Gasteiger charge is -2.33. The fourth-order valence-corrected chi connectivity index (χ4v) is 3.24. The lowest BCUT2D eigenvalue weighted by molar-refractivity contribution is -0.386. The van der Waals surface area contributed by atoms with Crippen LogP contribution in [0.2, 0.25) is 0 Å². The van der Waals surface area contributed by atoms with Crippen molar-refractivity contribution in [2.24, 2.45) is 0 Å². The highest BCUT2D eigenvalue weighted by atomic mass is 16.6. The number of nitro benzene ring substituents is 1. The van der Waals surface area contributed by atoms with Crippen molar-refractivity contribution < 1.29 is 9.85 Å². The first-order valence-electron chi connectivity index (χ1n) is 8.27. The standard InChI is InChI=1S/C16H19N5O5/c1-3-18-10-15(21(25)26)16(22)11-8-14(20(23)24)13(9-12(11)18)19-6-4-17(2)5-7-19/h8-10H,3-7H2,1-2H3. The van der Waals surface area contributed by atoms with Gasteiger partial charge in [-0.2, -0.15) is 0 Å². The molecule has 0 spiro atoms. The quantitative estimate of drug-likeness (QED) is 0.600. The van der Waals surface area contributed by atoms with Gasteiger partial charge in [-0.05, 0) is 20.0 Å². The Balaban J connectivity index is 2.28. The van der Waals surface area contributed by atoms with E-state index in [9.17, 15) is 25.0 Å². The van der Waals surface area contributed by atoms with Crippen LogP contribution in [0.15, 0.2) is 23.1 Å². The van der Waals surface area contributed by atoms with E-state index < -0.39 is 21.0 Å². The summed E-state index contributed by atoms with van der Waals surface area (Å²) in [5, 5.41) is 22.7.